The second-order valence-corrected chi connectivity index (χ2v) is 11.0. The van der Waals surface area contributed by atoms with Crippen molar-refractivity contribution in [3.05, 3.63) is 46.9 Å². The molecule has 0 radical (unpaired) electrons. The minimum absolute atomic E-state index is 0.169. The van der Waals surface area contributed by atoms with Crippen molar-refractivity contribution in [1.82, 2.24) is 15.2 Å². The van der Waals surface area contributed by atoms with Crippen LogP contribution in [0.25, 0.3) is 0 Å². The predicted molar refractivity (Wildman–Crippen MR) is 133 cm³/mol. The molecule has 2 aliphatic rings. The van der Waals surface area contributed by atoms with Gasteiger partial charge >= 0.3 is 12.1 Å². The molecule has 2 aromatic rings. The van der Waals surface area contributed by atoms with Gasteiger partial charge in [-0.15, -0.1) is 34.9 Å². The van der Waals surface area contributed by atoms with E-state index in [1.165, 1.54) is 60.5 Å². The van der Waals surface area contributed by atoms with Crippen LogP contribution in [0.5, 0.6) is 0 Å². The van der Waals surface area contributed by atoms with E-state index in [2.05, 4.69) is 15.5 Å². The lowest BCUT2D eigenvalue weighted by Crippen LogP contribution is -2.71. The van der Waals surface area contributed by atoms with Gasteiger partial charge in [0.25, 0.3) is 11.8 Å². The Bertz CT molecular complexity index is 1310. The van der Waals surface area contributed by atoms with Crippen LogP contribution in [0.1, 0.15) is 5.69 Å². The van der Waals surface area contributed by atoms with Gasteiger partial charge in [-0.3, -0.25) is 14.5 Å². The van der Waals surface area contributed by atoms with Crippen LogP contribution >= 0.6 is 34.9 Å². The van der Waals surface area contributed by atoms with E-state index < -0.39 is 41.9 Å². The number of hydrogen-bond acceptors (Lipinski definition) is 10. The maximum absolute atomic E-state index is 12.9. The number of carbonyl (C=O) groups excluding carboxylic acids is 2. The number of oxime groups is 1. The average Bonchev–Trinajstić information content (AvgIpc) is 3.29. The Morgan fingerprint density at radius 2 is 2.11 bits per heavy atom. The number of β-lactam (4-membered cyclic amide) rings is 1. The fourth-order valence-electron chi connectivity index (χ4n) is 3.72. The number of nitrogens with zero attached hydrogens (tertiary/aromatic N) is 4. The van der Waals surface area contributed by atoms with Crippen LogP contribution in [0.2, 0.25) is 0 Å². The Kier molecular flexibility index (Phi) is 8.17. The summed E-state index contributed by atoms with van der Waals surface area (Å²) in [6, 6.07) is 2.02. The summed E-state index contributed by atoms with van der Waals surface area (Å²) in [5.74, 6) is -2.14. The highest BCUT2D eigenvalue weighted by molar-refractivity contribution is 8.01. The molecule has 0 unspecified atom stereocenters. The Hall–Kier alpha value is -3.31. The topological polar surface area (TPSA) is 151 Å². The van der Waals surface area contributed by atoms with E-state index in [0.717, 1.165) is 20.8 Å². The SMILES string of the molecule is CO/N=C(\C(=O)N[C@@H]1C(=O)N2C(C(=O)O)=C(CSc3cc[n+](CC(F)(F)F)cc3)CS[C@H]12)c1csc(N)n1. The molecule has 17 heteroatoms. The molecule has 4 N–H and O–H groups in total. The summed E-state index contributed by atoms with van der Waals surface area (Å²) in [5.41, 5.74) is 5.92. The summed E-state index contributed by atoms with van der Waals surface area (Å²) in [7, 11) is 1.25. The van der Waals surface area contributed by atoms with Gasteiger partial charge in [0.1, 0.15) is 29.9 Å². The van der Waals surface area contributed by atoms with E-state index in [9.17, 15) is 32.7 Å². The van der Waals surface area contributed by atoms with Gasteiger partial charge < -0.3 is 21.0 Å². The van der Waals surface area contributed by atoms with Crippen molar-refractivity contribution in [3.8, 4) is 0 Å². The summed E-state index contributed by atoms with van der Waals surface area (Å²) in [5, 5.41) is 17.2. The standard InChI is InChI=1S/C21H19F3N6O5S3/c1-35-28-13(12-8-38-20(25)26-12)16(31)27-14-17(32)30-15(19(33)34)10(7-37-18(14)30)6-36-11-2-4-29(5-3-11)9-21(22,23)24/h2-5,8,14,18H,6-7,9H2,1H3,(H3-,25,26,27,31,33,34)/p+1/b28-13-/t14-,18-/m1/s1. The molecule has 2 aromatic heterocycles. The van der Waals surface area contributed by atoms with E-state index in [0.29, 0.717) is 10.5 Å². The second kappa shape index (κ2) is 11.2. The number of fused-ring (bicyclic) bond motifs is 1. The number of carboxylic acids is 1. The number of rotatable bonds is 9. The van der Waals surface area contributed by atoms with E-state index in [-0.39, 0.29) is 33.7 Å². The number of nitrogen functional groups attached to an aromatic ring is 1. The highest BCUT2D eigenvalue weighted by Gasteiger charge is 2.54. The first-order valence-corrected chi connectivity index (χ1v) is 13.6. The van der Waals surface area contributed by atoms with Crippen LogP contribution in [0, 0.1) is 0 Å². The number of aromatic nitrogens is 2. The molecule has 2 atom stereocenters. The molecule has 4 heterocycles. The van der Waals surface area contributed by atoms with Gasteiger partial charge in [-0.05, 0) is 5.57 Å². The molecule has 0 saturated carbocycles. The Morgan fingerprint density at radius 1 is 1.39 bits per heavy atom. The van der Waals surface area contributed by atoms with Gasteiger partial charge in [-0.25, -0.2) is 9.78 Å². The molecule has 1 fully saturated rings. The predicted octanol–water partition coefficient (Wildman–Crippen LogP) is 1.46. The number of pyridine rings is 1. The molecular formula is C21H20F3N6O5S3+. The molecule has 2 aliphatic heterocycles. The number of thioether (sulfide) groups is 2. The molecule has 2 amide bonds. The summed E-state index contributed by atoms with van der Waals surface area (Å²) >= 11 is 3.62. The van der Waals surface area contributed by atoms with Crippen molar-refractivity contribution >= 4 is 63.5 Å². The average molecular weight is 590 g/mol. The van der Waals surface area contributed by atoms with Crippen molar-refractivity contribution in [2.45, 2.75) is 29.0 Å². The summed E-state index contributed by atoms with van der Waals surface area (Å²) in [6.07, 6.45) is -1.76. The highest BCUT2D eigenvalue weighted by Crippen LogP contribution is 2.41. The number of nitrogens with one attached hydrogen (secondary N) is 1. The lowest BCUT2D eigenvalue weighted by molar-refractivity contribution is -0.719. The fourth-order valence-corrected chi connectivity index (χ4v) is 6.64. The zero-order chi connectivity index (χ0) is 27.6. The van der Waals surface area contributed by atoms with Gasteiger partial charge in [0.05, 0.1) is 0 Å². The number of thiazole rings is 1. The molecule has 11 nitrogen and oxygen atoms in total. The first-order chi connectivity index (χ1) is 18.0. The molecule has 4 rings (SSSR count). The minimum atomic E-state index is -4.34. The Morgan fingerprint density at radius 3 is 2.68 bits per heavy atom. The lowest BCUT2D eigenvalue weighted by atomic mass is 10.0. The van der Waals surface area contributed by atoms with Crippen molar-refractivity contribution in [2.75, 3.05) is 24.3 Å². The molecular weight excluding hydrogens is 569 g/mol. The molecule has 0 spiro atoms. The van der Waals surface area contributed by atoms with Crippen LogP contribution in [0.15, 0.2) is 51.2 Å². The monoisotopic (exact) mass is 589 g/mol. The molecule has 1 saturated heterocycles. The van der Waals surface area contributed by atoms with E-state index in [4.69, 9.17) is 10.6 Å². The number of aliphatic carboxylic acids is 1. The zero-order valence-electron chi connectivity index (χ0n) is 19.5. The van der Waals surface area contributed by atoms with Crippen LogP contribution in [0.3, 0.4) is 0 Å². The van der Waals surface area contributed by atoms with E-state index >= 15 is 0 Å². The summed E-state index contributed by atoms with van der Waals surface area (Å²) in [4.78, 5) is 48.3. The first-order valence-electron chi connectivity index (χ1n) is 10.7. The van der Waals surface area contributed by atoms with Gasteiger partial charge in [0.2, 0.25) is 6.54 Å². The fraction of sp³-hybridized carbons (Fsp3) is 0.333. The number of carbonyl (C=O) groups is 3. The van der Waals surface area contributed by atoms with Gasteiger partial charge in [-0.1, -0.05) is 5.16 Å². The number of nitrogens with two attached hydrogens (primary N) is 1. The largest absolute Gasteiger partial charge is 0.477 e. The molecule has 202 valence electrons. The Balaban J connectivity index is 1.44. The normalized spacial score (nSPS) is 19.6. The summed E-state index contributed by atoms with van der Waals surface area (Å²) < 4.78 is 38.6. The van der Waals surface area contributed by atoms with Gasteiger partial charge in [-0.2, -0.15) is 17.7 Å². The maximum Gasteiger partial charge on any atom is 0.448 e. The van der Waals surface area contributed by atoms with Crippen LogP contribution in [-0.2, 0) is 25.8 Å². The van der Waals surface area contributed by atoms with Gasteiger partial charge in [0, 0.05) is 33.9 Å². The molecule has 0 bridgehead atoms. The van der Waals surface area contributed by atoms with Gasteiger partial charge in [0.15, 0.2) is 23.2 Å². The lowest BCUT2D eigenvalue weighted by Gasteiger charge is -2.49. The number of alkyl halides is 3. The maximum atomic E-state index is 12.9. The van der Waals surface area contributed by atoms with Crippen molar-refractivity contribution in [1.29, 1.82) is 0 Å². The third kappa shape index (κ3) is 6.05. The third-order valence-electron chi connectivity index (χ3n) is 5.33. The van der Waals surface area contributed by atoms with E-state index in [1.807, 2.05) is 0 Å². The quantitative estimate of drug-likeness (QED) is 0.130. The number of hydrogen-bond donors (Lipinski definition) is 3. The van der Waals surface area contributed by atoms with Crippen LogP contribution in [-0.4, -0.2) is 74.7 Å². The number of carboxylic acid groups (broad SMARTS) is 1. The van der Waals surface area contributed by atoms with Crippen molar-refractivity contribution < 1.29 is 42.1 Å². The highest BCUT2D eigenvalue weighted by atomic mass is 32.2. The van der Waals surface area contributed by atoms with Crippen molar-refractivity contribution in [3.63, 3.8) is 0 Å². The Labute approximate surface area is 225 Å². The first kappa shape index (κ1) is 27.7. The molecule has 38 heavy (non-hydrogen) atoms. The third-order valence-corrected chi connectivity index (χ3v) is 8.45. The summed E-state index contributed by atoms with van der Waals surface area (Å²) in [6.45, 7) is -1.12. The smallest absolute Gasteiger partial charge is 0.448 e. The van der Waals surface area contributed by atoms with E-state index in [1.54, 1.807) is 0 Å². The van der Waals surface area contributed by atoms with Crippen molar-refractivity contribution in [2.24, 2.45) is 5.16 Å². The number of halogens is 3. The zero-order valence-corrected chi connectivity index (χ0v) is 21.9. The van der Waals surface area contributed by atoms with Crippen LogP contribution in [0.4, 0.5) is 18.3 Å². The number of amides is 2. The molecule has 0 aromatic carbocycles. The number of anilines is 1. The van der Waals surface area contributed by atoms with Crippen LogP contribution < -0.4 is 15.6 Å². The second-order valence-electron chi connectivity index (χ2n) is 7.92. The minimum Gasteiger partial charge on any atom is -0.477 e. The molecule has 0 aliphatic carbocycles.